The van der Waals surface area contributed by atoms with Gasteiger partial charge in [-0.05, 0) is 13.0 Å². The Morgan fingerprint density at radius 2 is 2.31 bits per heavy atom. The third-order valence-electron chi connectivity index (χ3n) is 2.15. The van der Waals surface area contributed by atoms with Crippen molar-refractivity contribution in [3.05, 3.63) is 40.9 Å². The molecule has 82 valence electrons. The van der Waals surface area contributed by atoms with E-state index >= 15 is 0 Å². The Bertz CT molecular complexity index is 530. The molecule has 0 unspecified atom stereocenters. The molecule has 0 aromatic carbocycles. The van der Waals surface area contributed by atoms with Crippen LogP contribution in [0.2, 0.25) is 5.02 Å². The molecule has 2 heterocycles. The van der Waals surface area contributed by atoms with Crippen molar-refractivity contribution in [3.63, 3.8) is 0 Å². The van der Waals surface area contributed by atoms with Gasteiger partial charge in [0.05, 0.1) is 22.6 Å². The fourth-order valence-electron chi connectivity index (χ4n) is 1.34. The van der Waals surface area contributed by atoms with Crippen LogP contribution in [0.4, 0.5) is 0 Å². The van der Waals surface area contributed by atoms with Gasteiger partial charge in [-0.1, -0.05) is 23.8 Å². The molecule has 0 atom stereocenters. The lowest BCUT2D eigenvalue weighted by Gasteiger charge is -2.06. The van der Waals surface area contributed by atoms with E-state index in [1.54, 1.807) is 29.3 Å². The number of pyridine rings is 1. The molecule has 2 rings (SSSR count). The van der Waals surface area contributed by atoms with Gasteiger partial charge < -0.3 is 5.73 Å². The smallest absolute Gasteiger partial charge is 0.106 e. The maximum atomic E-state index is 5.94. The summed E-state index contributed by atoms with van der Waals surface area (Å²) in [7, 11) is 0. The first-order valence-electron chi connectivity index (χ1n) is 4.55. The Morgan fingerprint density at radius 3 is 2.88 bits per heavy atom. The molecule has 0 amide bonds. The molecule has 16 heavy (non-hydrogen) atoms. The van der Waals surface area contributed by atoms with E-state index < -0.39 is 0 Å². The average Bonchev–Trinajstić information content (AvgIpc) is 2.59. The quantitative estimate of drug-likeness (QED) is 0.829. The largest absolute Gasteiger partial charge is 0.389 e. The van der Waals surface area contributed by atoms with E-state index in [4.69, 9.17) is 29.6 Å². The second-order valence-corrected chi connectivity index (χ2v) is 4.11. The first kappa shape index (κ1) is 11.0. The highest BCUT2D eigenvalue weighted by Crippen LogP contribution is 2.18. The summed E-state index contributed by atoms with van der Waals surface area (Å²) in [6.45, 7) is 1.83. The minimum absolute atomic E-state index is 0.307. The highest BCUT2D eigenvalue weighted by molar-refractivity contribution is 7.80. The lowest BCUT2D eigenvalue weighted by atomic mass is 10.2. The number of hydrogen-bond acceptors (Lipinski definition) is 3. The molecule has 0 aliphatic carbocycles. The third-order valence-corrected chi connectivity index (χ3v) is 2.74. The van der Waals surface area contributed by atoms with Crippen LogP contribution in [0, 0.1) is 6.92 Å². The van der Waals surface area contributed by atoms with Crippen molar-refractivity contribution in [2.45, 2.75) is 6.92 Å². The molecule has 0 saturated heterocycles. The van der Waals surface area contributed by atoms with Gasteiger partial charge in [0, 0.05) is 18.0 Å². The number of aryl methyl sites for hydroxylation is 1. The van der Waals surface area contributed by atoms with Gasteiger partial charge in [0.1, 0.15) is 4.99 Å². The normalized spacial score (nSPS) is 10.4. The summed E-state index contributed by atoms with van der Waals surface area (Å²) >= 11 is 10.9. The van der Waals surface area contributed by atoms with Gasteiger partial charge in [-0.15, -0.1) is 0 Å². The molecule has 2 aromatic heterocycles. The molecule has 0 bridgehead atoms. The van der Waals surface area contributed by atoms with E-state index in [1.165, 1.54) is 0 Å². The molecule has 0 saturated carbocycles. The Morgan fingerprint density at radius 1 is 1.56 bits per heavy atom. The highest BCUT2D eigenvalue weighted by Gasteiger charge is 2.10. The SMILES string of the molecule is Cc1nn(-c2cnccc2C(N)=S)cc1Cl. The molecule has 2 aromatic rings. The molecule has 0 aliphatic rings. The van der Waals surface area contributed by atoms with E-state index in [0.717, 1.165) is 16.9 Å². The summed E-state index contributed by atoms with van der Waals surface area (Å²) in [5, 5.41) is 4.85. The summed E-state index contributed by atoms with van der Waals surface area (Å²) in [6, 6.07) is 1.75. The van der Waals surface area contributed by atoms with E-state index in [1.807, 2.05) is 6.92 Å². The van der Waals surface area contributed by atoms with E-state index in [0.29, 0.717) is 10.0 Å². The van der Waals surface area contributed by atoms with E-state index in [-0.39, 0.29) is 0 Å². The van der Waals surface area contributed by atoms with Gasteiger partial charge in [0.25, 0.3) is 0 Å². The number of thiocarbonyl (C=S) groups is 1. The first-order valence-corrected chi connectivity index (χ1v) is 5.34. The van der Waals surface area contributed by atoms with Gasteiger partial charge >= 0.3 is 0 Å². The Balaban J connectivity index is 2.59. The molecule has 0 fully saturated rings. The number of rotatable bonds is 2. The van der Waals surface area contributed by atoms with Gasteiger partial charge in [0.2, 0.25) is 0 Å². The monoisotopic (exact) mass is 252 g/mol. The van der Waals surface area contributed by atoms with Crippen molar-refractivity contribution in [3.8, 4) is 5.69 Å². The van der Waals surface area contributed by atoms with Crippen LogP contribution in [0.15, 0.2) is 24.7 Å². The number of hydrogen-bond donors (Lipinski definition) is 1. The zero-order chi connectivity index (χ0) is 11.7. The van der Waals surface area contributed by atoms with Crippen molar-refractivity contribution in [2.24, 2.45) is 5.73 Å². The minimum Gasteiger partial charge on any atom is -0.389 e. The molecular weight excluding hydrogens is 244 g/mol. The minimum atomic E-state index is 0.307. The predicted molar refractivity (Wildman–Crippen MR) is 67.0 cm³/mol. The average molecular weight is 253 g/mol. The van der Waals surface area contributed by atoms with Crippen molar-refractivity contribution >= 4 is 28.8 Å². The number of nitrogens with zero attached hydrogens (tertiary/aromatic N) is 3. The van der Waals surface area contributed by atoms with Crippen LogP contribution in [-0.2, 0) is 0 Å². The highest BCUT2D eigenvalue weighted by atomic mass is 35.5. The van der Waals surface area contributed by atoms with Crippen molar-refractivity contribution in [1.29, 1.82) is 0 Å². The molecule has 4 nitrogen and oxygen atoms in total. The van der Waals surface area contributed by atoms with E-state index in [2.05, 4.69) is 10.1 Å². The molecule has 0 aliphatic heterocycles. The predicted octanol–water partition coefficient (Wildman–Crippen LogP) is 1.86. The van der Waals surface area contributed by atoms with E-state index in [9.17, 15) is 0 Å². The summed E-state index contributed by atoms with van der Waals surface area (Å²) in [6.07, 6.45) is 4.99. The zero-order valence-corrected chi connectivity index (χ0v) is 10.1. The Labute approximate surface area is 103 Å². The Kier molecular flexibility index (Phi) is 2.89. The summed E-state index contributed by atoms with van der Waals surface area (Å²) in [4.78, 5) is 4.33. The fourth-order valence-corrected chi connectivity index (χ4v) is 1.64. The molecule has 0 spiro atoms. The maximum absolute atomic E-state index is 5.94. The number of nitrogens with two attached hydrogens (primary N) is 1. The second kappa shape index (κ2) is 4.19. The summed E-state index contributed by atoms with van der Waals surface area (Å²) < 4.78 is 1.62. The lowest BCUT2D eigenvalue weighted by molar-refractivity contribution is 0.855. The van der Waals surface area contributed by atoms with Crippen LogP contribution in [0.3, 0.4) is 0 Å². The zero-order valence-electron chi connectivity index (χ0n) is 8.51. The van der Waals surface area contributed by atoms with Crippen molar-refractivity contribution < 1.29 is 0 Å². The van der Waals surface area contributed by atoms with Crippen molar-refractivity contribution in [1.82, 2.24) is 14.8 Å². The van der Waals surface area contributed by atoms with Crippen LogP contribution in [0.1, 0.15) is 11.3 Å². The molecule has 2 N–H and O–H groups in total. The number of aromatic nitrogens is 3. The van der Waals surface area contributed by atoms with Crippen LogP contribution < -0.4 is 5.73 Å². The summed E-state index contributed by atoms with van der Waals surface area (Å²) in [5.41, 5.74) is 7.83. The molecular formula is C10H9ClN4S. The van der Waals surface area contributed by atoms with Crippen molar-refractivity contribution in [2.75, 3.05) is 0 Å². The number of halogens is 1. The van der Waals surface area contributed by atoms with Gasteiger partial charge in [0.15, 0.2) is 0 Å². The lowest BCUT2D eigenvalue weighted by Crippen LogP contribution is -2.14. The fraction of sp³-hybridized carbons (Fsp3) is 0.100. The van der Waals surface area contributed by atoms with Crippen LogP contribution in [0.5, 0.6) is 0 Å². The standard InChI is InChI=1S/C10H9ClN4S/c1-6-8(11)5-15(14-6)9-4-13-3-2-7(9)10(12)16/h2-5H,1H3,(H2,12,16). The van der Waals surface area contributed by atoms with Crippen LogP contribution in [0.25, 0.3) is 5.69 Å². The maximum Gasteiger partial charge on any atom is 0.106 e. The Hall–Kier alpha value is -1.46. The second-order valence-electron chi connectivity index (χ2n) is 3.26. The topological polar surface area (TPSA) is 56.7 Å². The van der Waals surface area contributed by atoms with Crippen LogP contribution in [-0.4, -0.2) is 19.8 Å². The van der Waals surface area contributed by atoms with Gasteiger partial charge in [-0.25, -0.2) is 4.68 Å². The van der Waals surface area contributed by atoms with Gasteiger partial charge in [-0.3, -0.25) is 4.98 Å². The third kappa shape index (κ3) is 1.91. The van der Waals surface area contributed by atoms with Gasteiger partial charge in [-0.2, -0.15) is 5.10 Å². The molecule has 0 radical (unpaired) electrons. The molecule has 6 heteroatoms. The summed E-state index contributed by atoms with van der Waals surface area (Å²) in [5.74, 6) is 0. The first-order chi connectivity index (χ1) is 7.59. The van der Waals surface area contributed by atoms with Crippen LogP contribution >= 0.6 is 23.8 Å².